The van der Waals surface area contributed by atoms with Crippen LogP contribution in [0.1, 0.15) is 64.7 Å². The summed E-state index contributed by atoms with van der Waals surface area (Å²) in [5, 5.41) is 0. The van der Waals surface area contributed by atoms with Crippen molar-refractivity contribution in [3.05, 3.63) is 24.0 Å². The molecule has 2 saturated heterocycles. The van der Waals surface area contributed by atoms with Crippen LogP contribution in [0.5, 0.6) is 0 Å². The second-order valence-corrected chi connectivity index (χ2v) is 10.8. The Hall–Kier alpha value is -2.25. The number of guanidine groups is 1. The minimum Gasteiger partial charge on any atom is -0.442 e. The van der Waals surface area contributed by atoms with E-state index in [4.69, 9.17) is 26.7 Å². The SMILES string of the molecule is CCCCCCCCCN(C[C@H]1CN(c2ccc(N3CCOCC3)c(F)c2)C(=O)O1)C(=O)[C@@H](N)CCCN=C(N)N.Cl.Cl.Cl. The molecule has 0 saturated carbocycles. The van der Waals surface area contributed by atoms with Crippen molar-refractivity contribution in [2.45, 2.75) is 76.9 Å². The van der Waals surface area contributed by atoms with Gasteiger partial charge in [0.05, 0.1) is 43.7 Å². The number of halogens is 4. The minimum atomic E-state index is -0.705. The van der Waals surface area contributed by atoms with E-state index in [1.165, 1.54) is 36.6 Å². The molecule has 3 rings (SSSR count). The molecule has 44 heavy (non-hydrogen) atoms. The molecule has 0 bridgehead atoms. The minimum absolute atomic E-state index is 0. The molecule has 2 amide bonds. The lowest BCUT2D eigenvalue weighted by Gasteiger charge is -2.29. The standard InChI is InChI=1S/C29H48FN7O4.3ClH/c1-2-3-4-5-6-7-8-14-36(27(38)25(31)10-9-13-34-28(32)33)20-23-21-37(29(39)41-23)22-11-12-26(24(30)19-22)35-15-17-40-18-16-35;;;/h11-12,19,23,25H,2-10,13-18,20-21,31H2,1H3,(H4,32,33,34);3*1H/t23-,25-;;;/m0.../s1. The number of hydrogen-bond acceptors (Lipinski definition) is 7. The Kier molecular flexibility index (Phi) is 21.1. The number of carbonyl (C=O) groups is 2. The molecule has 254 valence electrons. The van der Waals surface area contributed by atoms with Gasteiger partial charge in [0.25, 0.3) is 0 Å². The Morgan fingerprint density at radius 2 is 1.73 bits per heavy atom. The number of anilines is 2. The maximum atomic E-state index is 15.0. The predicted molar refractivity (Wildman–Crippen MR) is 181 cm³/mol. The third-order valence-corrected chi connectivity index (χ3v) is 7.52. The van der Waals surface area contributed by atoms with E-state index in [1.54, 1.807) is 17.0 Å². The van der Waals surface area contributed by atoms with Gasteiger partial charge >= 0.3 is 6.09 Å². The first-order valence-corrected chi connectivity index (χ1v) is 15.0. The summed E-state index contributed by atoms with van der Waals surface area (Å²) in [6.45, 7) is 5.90. The normalized spacial score (nSPS) is 16.6. The van der Waals surface area contributed by atoms with Crippen LogP contribution in [-0.2, 0) is 14.3 Å². The van der Waals surface area contributed by atoms with Crippen molar-refractivity contribution in [1.82, 2.24) is 4.90 Å². The van der Waals surface area contributed by atoms with Gasteiger partial charge in [-0.05, 0) is 37.5 Å². The molecule has 6 N–H and O–H groups in total. The van der Waals surface area contributed by atoms with Gasteiger partial charge in [-0.25, -0.2) is 9.18 Å². The molecule has 0 radical (unpaired) electrons. The summed E-state index contributed by atoms with van der Waals surface area (Å²) >= 11 is 0. The van der Waals surface area contributed by atoms with Crippen LogP contribution in [0.2, 0.25) is 0 Å². The van der Waals surface area contributed by atoms with Crippen LogP contribution in [0.3, 0.4) is 0 Å². The number of ether oxygens (including phenoxy) is 2. The van der Waals surface area contributed by atoms with Crippen LogP contribution >= 0.6 is 37.2 Å². The zero-order valence-electron chi connectivity index (χ0n) is 25.7. The lowest BCUT2D eigenvalue weighted by molar-refractivity contribution is -0.134. The zero-order valence-corrected chi connectivity index (χ0v) is 28.1. The highest BCUT2D eigenvalue weighted by Gasteiger charge is 2.35. The average molecular weight is 687 g/mol. The van der Waals surface area contributed by atoms with Crippen LogP contribution in [0.15, 0.2) is 23.2 Å². The number of rotatable bonds is 17. The largest absolute Gasteiger partial charge is 0.442 e. The Balaban J connectivity index is 0.00000616. The molecular weight excluding hydrogens is 636 g/mol. The van der Waals surface area contributed by atoms with Gasteiger partial charge in [-0.3, -0.25) is 14.7 Å². The highest BCUT2D eigenvalue weighted by molar-refractivity contribution is 5.90. The van der Waals surface area contributed by atoms with Crippen LogP contribution in [0.25, 0.3) is 0 Å². The lowest BCUT2D eigenvalue weighted by Crippen LogP contribution is -2.47. The fourth-order valence-corrected chi connectivity index (χ4v) is 5.23. The van der Waals surface area contributed by atoms with E-state index in [9.17, 15) is 9.59 Å². The molecule has 2 aliphatic rings. The maximum absolute atomic E-state index is 15.0. The highest BCUT2D eigenvalue weighted by atomic mass is 35.5. The van der Waals surface area contributed by atoms with E-state index in [1.807, 2.05) is 4.90 Å². The van der Waals surface area contributed by atoms with Crippen LogP contribution in [0.4, 0.5) is 20.6 Å². The van der Waals surface area contributed by atoms with Crippen molar-refractivity contribution < 1.29 is 23.5 Å². The Morgan fingerprint density at radius 1 is 1.07 bits per heavy atom. The molecule has 0 unspecified atom stereocenters. The summed E-state index contributed by atoms with van der Waals surface area (Å²) in [7, 11) is 0. The summed E-state index contributed by atoms with van der Waals surface area (Å²) in [5.41, 5.74) is 17.9. The number of nitrogens with zero attached hydrogens (tertiary/aromatic N) is 4. The third kappa shape index (κ3) is 13.4. The fourth-order valence-electron chi connectivity index (χ4n) is 5.23. The van der Waals surface area contributed by atoms with E-state index in [2.05, 4.69) is 11.9 Å². The van der Waals surface area contributed by atoms with Crippen molar-refractivity contribution in [2.75, 3.05) is 62.3 Å². The van der Waals surface area contributed by atoms with Crippen molar-refractivity contribution in [3.8, 4) is 0 Å². The van der Waals surface area contributed by atoms with Gasteiger partial charge in [0, 0.05) is 26.2 Å². The van der Waals surface area contributed by atoms with Crippen molar-refractivity contribution in [2.24, 2.45) is 22.2 Å². The Bertz CT molecular complexity index is 1020. The van der Waals surface area contributed by atoms with E-state index < -0.39 is 24.1 Å². The second-order valence-electron chi connectivity index (χ2n) is 10.8. The number of aliphatic imine (C=N–C) groups is 1. The van der Waals surface area contributed by atoms with Gasteiger partial charge < -0.3 is 36.5 Å². The highest BCUT2D eigenvalue weighted by Crippen LogP contribution is 2.28. The first-order chi connectivity index (χ1) is 19.8. The van der Waals surface area contributed by atoms with Crippen molar-refractivity contribution in [1.29, 1.82) is 0 Å². The number of cyclic esters (lactones) is 1. The first-order valence-electron chi connectivity index (χ1n) is 15.0. The number of nitrogens with two attached hydrogens (primary N) is 3. The molecule has 11 nitrogen and oxygen atoms in total. The summed E-state index contributed by atoms with van der Waals surface area (Å²) in [6.07, 6.45) is 7.73. The predicted octanol–water partition coefficient (Wildman–Crippen LogP) is 4.21. The van der Waals surface area contributed by atoms with E-state index in [-0.39, 0.29) is 62.2 Å². The van der Waals surface area contributed by atoms with Gasteiger partial charge in [0.15, 0.2) is 5.96 Å². The summed E-state index contributed by atoms with van der Waals surface area (Å²) in [4.78, 5) is 35.1. The molecule has 2 heterocycles. The monoisotopic (exact) mass is 685 g/mol. The summed E-state index contributed by atoms with van der Waals surface area (Å²) < 4.78 is 26.0. The molecule has 2 fully saturated rings. The lowest BCUT2D eigenvalue weighted by atomic mass is 10.1. The summed E-state index contributed by atoms with van der Waals surface area (Å²) in [5.74, 6) is -0.576. The molecule has 2 aliphatic heterocycles. The first kappa shape index (κ1) is 41.8. The van der Waals surface area contributed by atoms with E-state index in [0.29, 0.717) is 63.6 Å². The summed E-state index contributed by atoms with van der Waals surface area (Å²) in [6, 6.07) is 4.08. The number of carbonyl (C=O) groups excluding carboxylic acids is 2. The van der Waals surface area contributed by atoms with Gasteiger partial charge in [-0.2, -0.15) is 0 Å². The van der Waals surface area contributed by atoms with E-state index in [0.717, 1.165) is 19.3 Å². The molecule has 0 aliphatic carbocycles. The van der Waals surface area contributed by atoms with E-state index >= 15 is 4.39 Å². The maximum Gasteiger partial charge on any atom is 0.414 e. The molecule has 1 aromatic rings. The third-order valence-electron chi connectivity index (χ3n) is 7.52. The number of unbranched alkanes of at least 4 members (excludes halogenated alkanes) is 6. The number of hydrogen-bond donors (Lipinski definition) is 3. The van der Waals surface area contributed by atoms with Crippen LogP contribution < -0.4 is 27.0 Å². The molecule has 0 spiro atoms. The van der Waals surface area contributed by atoms with Gasteiger partial charge in [0.1, 0.15) is 11.9 Å². The molecule has 2 atom stereocenters. The Labute approximate surface area is 279 Å². The van der Waals surface area contributed by atoms with Crippen molar-refractivity contribution in [3.63, 3.8) is 0 Å². The number of morpholine rings is 1. The average Bonchev–Trinajstić information content (AvgIpc) is 3.33. The molecule has 0 aromatic heterocycles. The molecular formula is C29H51Cl3FN7O4. The van der Waals surface area contributed by atoms with Crippen LogP contribution in [-0.4, -0.2) is 87.5 Å². The Morgan fingerprint density at radius 3 is 2.36 bits per heavy atom. The van der Waals surface area contributed by atoms with Gasteiger partial charge in [-0.15, -0.1) is 37.2 Å². The van der Waals surface area contributed by atoms with Gasteiger partial charge in [0.2, 0.25) is 5.91 Å². The molecule has 1 aromatic carbocycles. The quantitative estimate of drug-likeness (QED) is 0.125. The smallest absolute Gasteiger partial charge is 0.414 e. The van der Waals surface area contributed by atoms with Crippen LogP contribution in [0, 0.1) is 5.82 Å². The second kappa shape index (κ2) is 22.3. The zero-order chi connectivity index (χ0) is 29.6. The van der Waals surface area contributed by atoms with Gasteiger partial charge in [-0.1, -0.05) is 45.4 Å². The fraction of sp³-hybridized carbons (Fsp3) is 0.690. The number of amides is 2. The van der Waals surface area contributed by atoms with Crippen molar-refractivity contribution >= 4 is 66.6 Å². The molecule has 15 heteroatoms. The number of benzene rings is 1. The topological polar surface area (TPSA) is 153 Å².